The van der Waals surface area contributed by atoms with E-state index >= 15 is 0 Å². The van der Waals surface area contributed by atoms with Crippen molar-refractivity contribution in [2.75, 3.05) is 36.6 Å². The van der Waals surface area contributed by atoms with Gasteiger partial charge in [-0.05, 0) is 61.7 Å². The molecule has 0 saturated carbocycles. The van der Waals surface area contributed by atoms with Crippen LogP contribution in [0.5, 0.6) is 5.75 Å². The highest BCUT2D eigenvalue weighted by atomic mass is 35.5. The molecule has 0 aliphatic carbocycles. The number of anilines is 1. The average Bonchev–Trinajstić information content (AvgIpc) is 3.36. The number of nitro benzene ring substituents is 1. The van der Waals surface area contributed by atoms with Crippen LogP contribution in [-0.4, -0.2) is 60.5 Å². The second-order valence-corrected chi connectivity index (χ2v) is 12.3. The lowest BCUT2D eigenvalue weighted by atomic mass is 10.1. The number of phenolic OH excluding ortho intramolecular Hbond substituents is 1. The van der Waals surface area contributed by atoms with E-state index in [0.29, 0.717) is 33.8 Å². The number of rotatable bonds is 11. The molecule has 42 heavy (non-hydrogen) atoms. The number of aromatic hydroxyl groups is 1. The van der Waals surface area contributed by atoms with Crippen molar-refractivity contribution >= 4 is 55.5 Å². The Balaban J connectivity index is 1.68. The zero-order valence-corrected chi connectivity index (χ0v) is 24.7. The Kier molecular flexibility index (Phi) is 9.19. The molecule has 1 unspecified atom stereocenters. The lowest BCUT2D eigenvalue weighted by Crippen LogP contribution is -2.34. The molecule has 4 aromatic rings. The van der Waals surface area contributed by atoms with E-state index in [0.717, 1.165) is 29.6 Å². The van der Waals surface area contributed by atoms with Crippen LogP contribution in [0.2, 0.25) is 5.02 Å². The Morgan fingerprint density at radius 1 is 1.14 bits per heavy atom. The van der Waals surface area contributed by atoms with Crippen molar-refractivity contribution < 1.29 is 27.9 Å². The van der Waals surface area contributed by atoms with Gasteiger partial charge in [0.15, 0.2) is 11.1 Å². The molecule has 3 aromatic carbocycles. The lowest BCUT2D eigenvalue weighted by Gasteiger charge is -2.25. The summed E-state index contributed by atoms with van der Waals surface area (Å²) in [5.74, 6) is 0.170. The van der Waals surface area contributed by atoms with Gasteiger partial charge in [-0.1, -0.05) is 23.7 Å². The van der Waals surface area contributed by atoms with Crippen molar-refractivity contribution in [1.29, 1.82) is 0 Å². The Morgan fingerprint density at radius 2 is 1.95 bits per heavy atom. The van der Waals surface area contributed by atoms with Crippen molar-refractivity contribution in [2.24, 2.45) is 0 Å². The van der Waals surface area contributed by atoms with Crippen LogP contribution in [-0.2, 0) is 19.5 Å². The highest BCUT2D eigenvalue weighted by Gasteiger charge is 2.32. The van der Waals surface area contributed by atoms with Gasteiger partial charge in [0.1, 0.15) is 11.4 Å². The van der Waals surface area contributed by atoms with Crippen LogP contribution in [0.25, 0.3) is 22.2 Å². The van der Waals surface area contributed by atoms with E-state index in [1.54, 1.807) is 28.9 Å². The molecule has 1 N–H and O–H groups in total. The standard InChI is InChI=1S/C28H28Cl2N4O7S/c29-10-13-40-14-11-32(42(38,39)26-6-2-1-5-25(26)34(36)37)21-8-9-24-23(18-21)28(19-15-20(30)17-22(35)16-19)31-33(24)27-7-3-4-12-41-27/h1-2,5-6,8-9,15-18,27,35H,3-4,7,10-14H2. The largest absolute Gasteiger partial charge is 0.508 e. The van der Waals surface area contributed by atoms with Crippen molar-refractivity contribution in [2.45, 2.75) is 30.4 Å². The van der Waals surface area contributed by atoms with E-state index in [2.05, 4.69) is 0 Å². The van der Waals surface area contributed by atoms with Crippen LogP contribution in [0, 0.1) is 10.1 Å². The molecule has 14 heteroatoms. The number of ether oxygens (including phenoxy) is 2. The van der Waals surface area contributed by atoms with Gasteiger partial charge in [0.2, 0.25) is 0 Å². The van der Waals surface area contributed by atoms with E-state index in [-0.39, 0.29) is 43.3 Å². The molecule has 11 nitrogen and oxygen atoms in total. The SMILES string of the molecule is O=[N+]([O-])c1ccccc1S(=O)(=O)N(CCOCCCl)c1ccc2c(c1)c(-c1cc(O)cc(Cl)c1)nn2C1CCCCO1. The molecule has 0 radical (unpaired) electrons. The topological polar surface area (TPSA) is 137 Å². The first-order valence-electron chi connectivity index (χ1n) is 13.2. The first-order chi connectivity index (χ1) is 20.2. The van der Waals surface area contributed by atoms with Crippen LogP contribution in [0.3, 0.4) is 0 Å². The highest BCUT2D eigenvalue weighted by Crippen LogP contribution is 2.38. The molecule has 0 bridgehead atoms. The minimum Gasteiger partial charge on any atom is -0.508 e. The molecule has 1 aliphatic heterocycles. The molecule has 1 atom stereocenters. The monoisotopic (exact) mass is 634 g/mol. The zero-order valence-electron chi connectivity index (χ0n) is 22.4. The number of aromatic nitrogens is 2. The molecule has 1 aliphatic rings. The van der Waals surface area contributed by atoms with Gasteiger partial charge in [-0.25, -0.2) is 13.1 Å². The third-order valence-electron chi connectivity index (χ3n) is 6.85. The van der Waals surface area contributed by atoms with Crippen LogP contribution in [0.15, 0.2) is 65.6 Å². The molecular weight excluding hydrogens is 607 g/mol. The Hall–Kier alpha value is -3.42. The summed E-state index contributed by atoms with van der Waals surface area (Å²) < 4.78 is 42.3. The fourth-order valence-electron chi connectivity index (χ4n) is 4.98. The summed E-state index contributed by atoms with van der Waals surface area (Å²) in [6, 6.07) is 14.8. The van der Waals surface area contributed by atoms with E-state index < -0.39 is 25.5 Å². The maximum atomic E-state index is 14.0. The van der Waals surface area contributed by atoms with Crippen molar-refractivity contribution in [3.05, 3.63) is 75.8 Å². The molecule has 2 heterocycles. The number of halogens is 2. The number of nitrogens with zero attached hydrogens (tertiary/aromatic N) is 4. The second-order valence-electron chi connectivity index (χ2n) is 9.62. The predicted molar refractivity (Wildman–Crippen MR) is 160 cm³/mol. The summed E-state index contributed by atoms with van der Waals surface area (Å²) >= 11 is 12.0. The lowest BCUT2D eigenvalue weighted by molar-refractivity contribution is -0.387. The maximum absolute atomic E-state index is 14.0. The van der Waals surface area contributed by atoms with Crippen molar-refractivity contribution in [3.8, 4) is 17.0 Å². The predicted octanol–water partition coefficient (Wildman–Crippen LogP) is 6.12. The number of alkyl halides is 1. The summed E-state index contributed by atoms with van der Waals surface area (Å²) in [7, 11) is -4.42. The number of hydrogen-bond donors (Lipinski definition) is 1. The van der Waals surface area contributed by atoms with Gasteiger partial charge in [0.25, 0.3) is 15.7 Å². The average molecular weight is 636 g/mol. The number of benzene rings is 3. The van der Waals surface area contributed by atoms with Gasteiger partial charge in [-0.3, -0.25) is 14.4 Å². The molecular formula is C28H28Cl2N4O7S. The molecule has 5 rings (SSSR count). The van der Waals surface area contributed by atoms with E-state index in [4.69, 9.17) is 37.8 Å². The minimum absolute atomic E-state index is 0.00514. The van der Waals surface area contributed by atoms with Crippen LogP contribution < -0.4 is 4.31 Å². The van der Waals surface area contributed by atoms with Crippen LogP contribution in [0.1, 0.15) is 25.5 Å². The summed E-state index contributed by atoms with van der Waals surface area (Å²) in [6.07, 6.45) is 2.32. The normalized spacial score (nSPS) is 15.6. The Morgan fingerprint density at radius 3 is 2.67 bits per heavy atom. The summed E-state index contributed by atoms with van der Waals surface area (Å²) in [5, 5.41) is 27.7. The fourth-order valence-corrected chi connectivity index (χ4v) is 6.92. The second kappa shape index (κ2) is 12.8. The summed E-state index contributed by atoms with van der Waals surface area (Å²) in [6.45, 7) is 0.650. The Bertz CT molecular complexity index is 1690. The smallest absolute Gasteiger partial charge is 0.289 e. The molecule has 0 amide bonds. The van der Waals surface area contributed by atoms with Gasteiger partial charge in [0, 0.05) is 34.5 Å². The fraction of sp³-hybridized carbons (Fsp3) is 0.321. The highest BCUT2D eigenvalue weighted by molar-refractivity contribution is 7.93. The van der Waals surface area contributed by atoms with E-state index in [1.165, 1.54) is 30.3 Å². The molecule has 222 valence electrons. The number of para-hydroxylation sites is 1. The summed E-state index contributed by atoms with van der Waals surface area (Å²) in [5.41, 5.74) is 1.37. The van der Waals surface area contributed by atoms with Crippen LogP contribution >= 0.6 is 23.2 Å². The minimum atomic E-state index is -4.42. The van der Waals surface area contributed by atoms with Gasteiger partial charge >= 0.3 is 0 Å². The quantitative estimate of drug-likeness (QED) is 0.0901. The number of sulfonamides is 1. The number of hydrogen-bond acceptors (Lipinski definition) is 8. The third-order valence-corrected chi connectivity index (χ3v) is 9.10. The molecule has 0 spiro atoms. The number of nitro groups is 1. The van der Waals surface area contributed by atoms with Gasteiger partial charge in [-0.15, -0.1) is 11.6 Å². The first-order valence-corrected chi connectivity index (χ1v) is 15.6. The van der Waals surface area contributed by atoms with Gasteiger partial charge in [0.05, 0.1) is 35.9 Å². The summed E-state index contributed by atoms with van der Waals surface area (Å²) in [4.78, 5) is 10.6. The van der Waals surface area contributed by atoms with Crippen molar-refractivity contribution in [1.82, 2.24) is 9.78 Å². The van der Waals surface area contributed by atoms with Crippen LogP contribution in [0.4, 0.5) is 11.4 Å². The number of phenols is 1. The zero-order chi connectivity index (χ0) is 29.9. The Labute approximate surface area is 252 Å². The van der Waals surface area contributed by atoms with E-state index in [9.17, 15) is 23.6 Å². The molecule has 1 saturated heterocycles. The van der Waals surface area contributed by atoms with Gasteiger partial charge in [-0.2, -0.15) is 5.10 Å². The third kappa shape index (κ3) is 6.18. The van der Waals surface area contributed by atoms with Crippen molar-refractivity contribution in [3.63, 3.8) is 0 Å². The number of fused-ring (bicyclic) bond motifs is 1. The van der Waals surface area contributed by atoms with E-state index in [1.807, 2.05) is 0 Å². The van der Waals surface area contributed by atoms with Gasteiger partial charge < -0.3 is 14.6 Å². The first kappa shape index (κ1) is 30.1. The maximum Gasteiger partial charge on any atom is 0.289 e. The molecule has 1 aromatic heterocycles. The molecule has 1 fully saturated rings.